The van der Waals surface area contributed by atoms with Crippen LogP contribution in [0.3, 0.4) is 0 Å². The zero-order chi connectivity index (χ0) is 19.1. The number of aliphatic hydroxyl groups is 1. The molecule has 0 atom stereocenters. The molecule has 0 aliphatic heterocycles. The Morgan fingerprint density at radius 1 is 1.29 bits per heavy atom. The number of hydrogen-bond donors (Lipinski definition) is 3. The highest BCUT2D eigenvalue weighted by Crippen LogP contribution is 2.32. The number of H-pyrrole nitrogens is 1. The van der Waals surface area contributed by atoms with Crippen LogP contribution in [0.1, 0.15) is 39.0 Å². The highest BCUT2D eigenvalue weighted by Gasteiger charge is 2.31. The standard InChI is InChI=1S/C20H23N7O/c1-2-20(28)7-5-13(6-8-20)24-19-23-12-15-14(11-22-18(15)25-19)16-3-4-17-21-9-10-27(17)26-16/h3-4,9-13,28H,2,5-8H2,1H3,(H2,22,23,24,25)/t13-,20+. The van der Waals surface area contributed by atoms with Gasteiger partial charge in [0.1, 0.15) is 5.65 Å². The Balaban J connectivity index is 1.38. The molecule has 0 saturated heterocycles. The van der Waals surface area contributed by atoms with Gasteiger partial charge in [-0.25, -0.2) is 14.5 Å². The summed E-state index contributed by atoms with van der Waals surface area (Å²) in [4.78, 5) is 16.6. The van der Waals surface area contributed by atoms with Gasteiger partial charge in [-0.1, -0.05) is 6.92 Å². The van der Waals surface area contributed by atoms with E-state index in [0.29, 0.717) is 12.0 Å². The van der Waals surface area contributed by atoms with Gasteiger partial charge in [-0.3, -0.25) is 0 Å². The lowest BCUT2D eigenvalue weighted by Gasteiger charge is -2.35. The van der Waals surface area contributed by atoms with Crippen molar-refractivity contribution in [2.24, 2.45) is 0 Å². The molecule has 1 saturated carbocycles. The van der Waals surface area contributed by atoms with Gasteiger partial charge in [0.2, 0.25) is 5.95 Å². The summed E-state index contributed by atoms with van der Waals surface area (Å²) >= 11 is 0. The number of hydrogen-bond acceptors (Lipinski definition) is 6. The summed E-state index contributed by atoms with van der Waals surface area (Å²) in [6, 6.07) is 4.19. The molecule has 4 heterocycles. The first-order valence-corrected chi connectivity index (χ1v) is 9.77. The Morgan fingerprint density at radius 2 is 2.14 bits per heavy atom. The molecule has 3 N–H and O–H groups in total. The molecule has 0 radical (unpaired) electrons. The molecular weight excluding hydrogens is 354 g/mol. The second kappa shape index (κ2) is 6.56. The number of aromatic amines is 1. The number of anilines is 1. The minimum Gasteiger partial charge on any atom is -0.390 e. The predicted molar refractivity (Wildman–Crippen MR) is 107 cm³/mol. The summed E-state index contributed by atoms with van der Waals surface area (Å²) in [6.07, 6.45) is 11.6. The van der Waals surface area contributed by atoms with Crippen molar-refractivity contribution in [3.05, 3.63) is 36.9 Å². The number of nitrogens with zero attached hydrogens (tertiary/aromatic N) is 5. The average molecular weight is 377 g/mol. The smallest absolute Gasteiger partial charge is 0.224 e. The molecule has 5 rings (SSSR count). The molecular formula is C20H23N7O. The van der Waals surface area contributed by atoms with Gasteiger partial charge >= 0.3 is 0 Å². The van der Waals surface area contributed by atoms with Crippen molar-refractivity contribution in [2.75, 3.05) is 5.32 Å². The van der Waals surface area contributed by atoms with E-state index in [-0.39, 0.29) is 0 Å². The first-order valence-electron chi connectivity index (χ1n) is 9.77. The maximum absolute atomic E-state index is 10.4. The molecule has 144 valence electrons. The molecule has 0 amide bonds. The van der Waals surface area contributed by atoms with Crippen LogP contribution in [0.15, 0.2) is 36.9 Å². The van der Waals surface area contributed by atoms with E-state index >= 15 is 0 Å². The van der Waals surface area contributed by atoms with Gasteiger partial charge in [0.05, 0.1) is 11.3 Å². The van der Waals surface area contributed by atoms with Gasteiger partial charge in [-0.05, 0) is 44.2 Å². The second-order valence-corrected chi connectivity index (χ2v) is 7.60. The Labute approximate surface area is 162 Å². The van der Waals surface area contributed by atoms with E-state index in [1.807, 2.05) is 37.6 Å². The van der Waals surface area contributed by atoms with Crippen molar-refractivity contribution >= 4 is 22.6 Å². The van der Waals surface area contributed by atoms with Crippen molar-refractivity contribution in [1.29, 1.82) is 0 Å². The molecule has 1 fully saturated rings. The van der Waals surface area contributed by atoms with Gasteiger partial charge in [-0.2, -0.15) is 10.1 Å². The van der Waals surface area contributed by atoms with Crippen LogP contribution in [0.25, 0.3) is 27.9 Å². The van der Waals surface area contributed by atoms with Gasteiger partial charge in [0.25, 0.3) is 0 Å². The van der Waals surface area contributed by atoms with Gasteiger partial charge in [-0.15, -0.1) is 0 Å². The van der Waals surface area contributed by atoms with E-state index in [1.165, 1.54) is 0 Å². The fourth-order valence-electron chi connectivity index (χ4n) is 3.98. The van der Waals surface area contributed by atoms with Crippen molar-refractivity contribution in [3.63, 3.8) is 0 Å². The highest BCUT2D eigenvalue weighted by atomic mass is 16.3. The van der Waals surface area contributed by atoms with E-state index in [1.54, 1.807) is 10.7 Å². The molecule has 4 aromatic heterocycles. The summed E-state index contributed by atoms with van der Waals surface area (Å²) in [7, 11) is 0. The molecule has 4 aromatic rings. The monoisotopic (exact) mass is 377 g/mol. The van der Waals surface area contributed by atoms with Crippen LogP contribution in [0.4, 0.5) is 5.95 Å². The van der Waals surface area contributed by atoms with E-state index in [0.717, 1.165) is 60.0 Å². The zero-order valence-electron chi connectivity index (χ0n) is 15.8. The van der Waals surface area contributed by atoms with Crippen molar-refractivity contribution in [2.45, 2.75) is 50.7 Å². The van der Waals surface area contributed by atoms with Crippen molar-refractivity contribution in [1.82, 2.24) is 29.5 Å². The van der Waals surface area contributed by atoms with Crippen LogP contribution >= 0.6 is 0 Å². The summed E-state index contributed by atoms with van der Waals surface area (Å²) in [5.74, 6) is 0.617. The van der Waals surface area contributed by atoms with Gasteiger partial charge in [0, 0.05) is 41.8 Å². The average Bonchev–Trinajstić information content (AvgIpc) is 3.35. The molecule has 1 aliphatic carbocycles. The molecule has 1 aliphatic rings. The zero-order valence-corrected chi connectivity index (χ0v) is 15.8. The van der Waals surface area contributed by atoms with Crippen LogP contribution < -0.4 is 5.32 Å². The largest absolute Gasteiger partial charge is 0.390 e. The summed E-state index contributed by atoms with van der Waals surface area (Å²) in [5.41, 5.74) is 2.89. The van der Waals surface area contributed by atoms with Gasteiger partial charge < -0.3 is 15.4 Å². The van der Waals surface area contributed by atoms with E-state index in [2.05, 4.69) is 30.4 Å². The Kier molecular flexibility index (Phi) is 4.01. The minimum absolute atomic E-state index is 0.295. The normalized spacial score (nSPS) is 22.7. The SMILES string of the molecule is CC[C@]1(O)CC[C@@H](Nc2ncc3c(-c4ccc5nccn5n4)c[nH]c3n2)CC1. The summed E-state index contributed by atoms with van der Waals surface area (Å²) < 4.78 is 1.76. The maximum atomic E-state index is 10.4. The first-order chi connectivity index (χ1) is 13.6. The lowest BCUT2D eigenvalue weighted by molar-refractivity contribution is -0.00197. The molecule has 8 heteroatoms. The third kappa shape index (κ3) is 2.99. The first kappa shape index (κ1) is 17.1. The fourth-order valence-corrected chi connectivity index (χ4v) is 3.98. The quantitative estimate of drug-likeness (QED) is 0.505. The van der Waals surface area contributed by atoms with Crippen LogP contribution in [0.5, 0.6) is 0 Å². The lowest BCUT2D eigenvalue weighted by Crippen LogP contribution is -2.38. The number of fused-ring (bicyclic) bond motifs is 2. The van der Waals surface area contributed by atoms with Gasteiger partial charge in [0.15, 0.2) is 5.65 Å². The molecule has 0 unspecified atom stereocenters. The highest BCUT2D eigenvalue weighted by molar-refractivity contribution is 5.92. The number of rotatable bonds is 4. The Bertz CT molecular complexity index is 1120. The lowest BCUT2D eigenvalue weighted by atomic mass is 9.80. The number of aromatic nitrogens is 6. The topological polar surface area (TPSA) is 104 Å². The summed E-state index contributed by atoms with van der Waals surface area (Å²) in [6.45, 7) is 2.05. The third-order valence-corrected chi connectivity index (χ3v) is 5.87. The minimum atomic E-state index is -0.499. The van der Waals surface area contributed by atoms with E-state index in [9.17, 15) is 5.11 Å². The van der Waals surface area contributed by atoms with Crippen LogP contribution in [0.2, 0.25) is 0 Å². The molecule has 28 heavy (non-hydrogen) atoms. The van der Waals surface area contributed by atoms with Crippen LogP contribution in [-0.4, -0.2) is 46.3 Å². The number of nitrogens with one attached hydrogen (secondary N) is 2. The third-order valence-electron chi connectivity index (χ3n) is 5.87. The predicted octanol–water partition coefficient (Wildman–Crippen LogP) is 3.16. The summed E-state index contributed by atoms with van der Waals surface area (Å²) in [5, 5.41) is 19.4. The van der Waals surface area contributed by atoms with Crippen LogP contribution in [-0.2, 0) is 0 Å². The Hall–Kier alpha value is -3.00. The van der Waals surface area contributed by atoms with Crippen LogP contribution in [0, 0.1) is 0 Å². The maximum Gasteiger partial charge on any atom is 0.224 e. The Morgan fingerprint density at radius 3 is 2.96 bits per heavy atom. The molecule has 8 nitrogen and oxygen atoms in total. The number of imidazole rings is 1. The molecule has 0 bridgehead atoms. The molecule has 0 spiro atoms. The van der Waals surface area contributed by atoms with Crippen molar-refractivity contribution < 1.29 is 5.11 Å². The van der Waals surface area contributed by atoms with E-state index < -0.39 is 5.60 Å². The van der Waals surface area contributed by atoms with E-state index in [4.69, 9.17) is 0 Å². The second-order valence-electron chi connectivity index (χ2n) is 7.60. The fraction of sp³-hybridized carbons (Fsp3) is 0.400. The van der Waals surface area contributed by atoms with Crippen molar-refractivity contribution in [3.8, 4) is 11.3 Å². The molecule has 0 aromatic carbocycles.